The van der Waals surface area contributed by atoms with E-state index in [0.29, 0.717) is 12.3 Å². The quantitative estimate of drug-likeness (QED) is 0.843. The second kappa shape index (κ2) is 6.20. The van der Waals surface area contributed by atoms with Crippen molar-refractivity contribution in [2.45, 2.75) is 50.5 Å². The zero-order valence-corrected chi connectivity index (χ0v) is 14.2. The summed E-state index contributed by atoms with van der Waals surface area (Å²) in [6.45, 7) is 7.69. The van der Waals surface area contributed by atoms with E-state index in [-0.39, 0.29) is 17.1 Å². The lowest BCUT2D eigenvalue weighted by atomic mass is 9.97. The summed E-state index contributed by atoms with van der Waals surface area (Å²) in [7, 11) is -3.41. The number of aromatic nitrogens is 2. The molecule has 1 heterocycles. The van der Waals surface area contributed by atoms with Gasteiger partial charge in [0.1, 0.15) is 5.75 Å². The summed E-state index contributed by atoms with van der Waals surface area (Å²) in [4.78, 5) is 0. The molecule has 0 fully saturated rings. The standard InChI is InChI=1S/C16H22N2O3S/c1-5-13(12-9-7-6-8-10-12)22(19,20)11-14-17-18-15(21-14)16(2,3)4/h6-10,13H,5,11H2,1-4H3/t13-/m1/s1. The van der Waals surface area contributed by atoms with Gasteiger partial charge < -0.3 is 4.42 Å². The molecule has 2 rings (SSSR count). The van der Waals surface area contributed by atoms with Crippen LogP contribution in [0.5, 0.6) is 0 Å². The topological polar surface area (TPSA) is 73.1 Å². The lowest BCUT2D eigenvalue weighted by Crippen LogP contribution is -2.15. The van der Waals surface area contributed by atoms with E-state index in [4.69, 9.17) is 4.42 Å². The molecule has 6 heteroatoms. The van der Waals surface area contributed by atoms with Gasteiger partial charge >= 0.3 is 0 Å². The molecule has 0 N–H and O–H groups in total. The highest BCUT2D eigenvalue weighted by Gasteiger charge is 2.29. The van der Waals surface area contributed by atoms with E-state index in [0.717, 1.165) is 5.56 Å². The Labute approximate surface area is 131 Å². The monoisotopic (exact) mass is 322 g/mol. The van der Waals surface area contributed by atoms with Crippen molar-refractivity contribution in [3.63, 3.8) is 0 Å². The Morgan fingerprint density at radius 1 is 1.14 bits per heavy atom. The van der Waals surface area contributed by atoms with Crippen LogP contribution in [0.3, 0.4) is 0 Å². The number of benzene rings is 1. The first-order chi connectivity index (χ1) is 10.2. The third-order valence-corrected chi connectivity index (χ3v) is 5.53. The van der Waals surface area contributed by atoms with Crippen molar-refractivity contribution in [2.24, 2.45) is 0 Å². The van der Waals surface area contributed by atoms with Gasteiger partial charge in [0.15, 0.2) is 9.84 Å². The van der Waals surface area contributed by atoms with Gasteiger partial charge in [-0.15, -0.1) is 10.2 Å². The van der Waals surface area contributed by atoms with Gasteiger partial charge in [-0.3, -0.25) is 0 Å². The molecule has 5 nitrogen and oxygen atoms in total. The van der Waals surface area contributed by atoms with Crippen LogP contribution >= 0.6 is 0 Å². The summed E-state index contributed by atoms with van der Waals surface area (Å²) in [5.74, 6) is 0.369. The molecule has 120 valence electrons. The van der Waals surface area contributed by atoms with Crippen molar-refractivity contribution in [3.05, 3.63) is 47.7 Å². The van der Waals surface area contributed by atoms with Gasteiger partial charge in [-0.25, -0.2) is 8.42 Å². The average Bonchev–Trinajstić information content (AvgIpc) is 2.88. The summed E-state index contributed by atoms with van der Waals surface area (Å²) in [5, 5.41) is 7.27. The van der Waals surface area contributed by atoms with Crippen LogP contribution in [0.4, 0.5) is 0 Å². The molecule has 1 aromatic carbocycles. The SMILES string of the molecule is CC[C@H](c1ccccc1)S(=O)(=O)Cc1nnc(C(C)(C)C)o1. The van der Waals surface area contributed by atoms with Crippen LogP contribution in [-0.2, 0) is 21.0 Å². The van der Waals surface area contributed by atoms with E-state index in [1.165, 1.54) is 0 Å². The first-order valence-electron chi connectivity index (χ1n) is 7.33. The minimum Gasteiger partial charge on any atom is -0.424 e. The molecule has 0 aliphatic carbocycles. The summed E-state index contributed by atoms with van der Waals surface area (Å²) in [5.41, 5.74) is 0.499. The minimum atomic E-state index is -3.41. The lowest BCUT2D eigenvalue weighted by Gasteiger charge is -2.15. The predicted molar refractivity (Wildman–Crippen MR) is 85.1 cm³/mol. The van der Waals surface area contributed by atoms with Gasteiger partial charge in [0, 0.05) is 5.41 Å². The highest BCUT2D eigenvalue weighted by Crippen LogP contribution is 2.29. The smallest absolute Gasteiger partial charge is 0.231 e. The fraction of sp³-hybridized carbons (Fsp3) is 0.500. The van der Waals surface area contributed by atoms with E-state index >= 15 is 0 Å². The molecular weight excluding hydrogens is 300 g/mol. The molecule has 1 atom stereocenters. The van der Waals surface area contributed by atoms with E-state index in [1.807, 2.05) is 58.0 Å². The Balaban J connectivity index is 2.25. The van der Waals surface area contributed by atoms with Crippen LogP contribution in [0, 0.1) is 0 Å². The maximum atomic E-state index is 12.7. The molecule has 1 aromatic heterocycles. The minimum absolute atomic E-state index is 0.152. The summed E-state index contributed by atoms with van der Waals surface area (Å²) < 4.78 is 30.8. The van der Waals surface area contributed by atoms with Crippen LogP contribution in [0.1, 0.15) is 56.7 Å². The number of nitrogens with zero attached hydrogens (tertiary/aromatic N) is 2. The van der Waals surface area contributed by atoms with Gasteiger partial charge in [0.25, 0.3) is 0 Å². The molecule has 0 aliphatic heterocycles. The van der Waals surface area contributed by atoms with Gasteiger partial charge in [-0.1, -0.05) is 58.0 Å². The van der Waals surface area contributed by atoms with E-state index in [1.54, 1.807) is 0 Å². The van der Waals surface area contributed by atoms with E-state index in [9.17, 15) is 8.42 Å². The Morgan fingerprint density at radius 2 is 1.77 bits per heavy atom. The second-order valence-corrected chi connectivity index (χ2v) is 8.55. The van der Waals surface area contributed by atoms with Crippen molar-refractivity contribution in [3.8, 4) is 0 Å². The molecule has 0 spiro atoms. The maximum Gasteiger partial charge on any atom is 0.231 e. The van der Waals surface area contributed by atoms with Gasteiger partial charge in [0.2, 0.25) is 11.8 Å². The zero-order chi connectivity index (χ0) is 16.4. The first kappa shape index (κ1) is 16.7. The Hall–Kier alpha value is -1.69. The van der Waals surface area contributed by atoms with Crippen LogP contribution in [0.25, 0.3) is 0 Å². The van der Waals surface area contributed by atoms with Crippen molar-refractivity contribution >= 4 is 9.84 Å². The molecule has 0 aliphatic rings. The van der Waals surface area contributed by atoms with Crippen LogP contribution in [0.15, 0.2) is 34.7 Å². The van der Waals surface area contributed by atoms with Crippen LogP contribution in [0.2, 0.25) is 0 Å². The van der Waals surface area contributed by atoms with Crippen molar-refractivity contribution in [1.29, 1.82) is 0 Å². The van der Waals surface area contributed by atoms with Crippen molar-refractivity contribution < 1.29 is 12.8 Å². The number of hydrogen-bond acceptors (Lipinski definition) is 5. The Morgan fingerprint density at radius 3 is 2.27 bits per heavy atom. The highest BCUT2D eigenvalue weighted by atomic mass is 32.2. The molecule has 22 heavy (non-hydrogen) atoms. The van der Waals surface area contributed by atoms with Crippen molar-refractivity contribution in [2.75, 3.05) is 0 Å². The average molecular weight is 322 g/mol. The van der Waals surface area contributed by atoms with Gasteiger partial charge in [-0.2, -0.15) is 0 Å². The molecule has 0 saturated carbocycles. The molecule has 0 unspecified atom stereocenters. The predicted octanol–water partition coefficient (Wildman–Crippen LogP) is 3.43. The Bertz CT molecular complexity index is 715. The lowest BCUT2D eigenvalue weighted by molar-refractivity contribution is 0.377. The largest absolute Gasteiger partial charge is 0.424 e. The normalized spacial score (nSPS) is 14.0. The first-order valence-corrected chi connectivity index (χ1v) is 9.05. The van der Waals surface area contributed by atoms with Crippen LogP contribution in [-0.4, -0.2) is 18.6 Å². The maximum absolute atomic E-state index is 12.7. The number of sulfone groups is 1. The molecule has 0 saturated heterocycles. The van der Waals surface area contributed by atoms with Gasteiger partial charge in [0.05, 0.1) is 5.25 Å². The fourth-order valence-electron chi connectivity index (χ4n) is 2.25. The van der Waals surface area contributed by atoms with Crippen molar-refractivity contribution in [1.82, 2.24) is 10.2 Å². The third-order valence-electron chi connectivity index (χ3n) is 3.41. The van der Waals surface area contributed by atoms with Gasteiger partial charge in [-0.05, 0) is 12.0 Å². The van der Waals surface area contributed by atoms with E-state index in [2.05, 4.69) is 10.2 Å². The summed E-state index contributed by atoms with van der Waals surface area (Å²) in [6.07, 6.45) is 0.507. The summed E-state index contributed by atoms with van der Waals surface area (Å²) in [6, 6.07) is 9.23. The highest BCUT2D eigenvalue weighted by molar-refractivity contribution is 7.90. The van der Waals surface area contributed by atoms with E-state index < -0.39 is 15.1 Å². The Kier molecular flexibility index (Phi) is 4.70. The number of rotatable bonds is 5. The molecule has 0 radical (unpaired) electrons. The van der Waals surface area contributed by atoms with Crippen LogP contribution < -0.4 is 0 Å². The molecule has 0 bridgehead atoms. The molecular formula is C16H22N2O3S. The fourth-order valence-corrected chi connectivity index (χ4v) is 3.99. The second-order valence-electron chi connectivity index (χ2n) is 6.37. The summed E-state index contributed by atoms with van der Waals surface area (Å²) >= 11 is 0. The third kappa shape index (κ3) is 3.74. The number of hydrogen-bond donors (Lipinski definition) is 0. The molecule has 2 aromatic rings. The molecule has 0 amide bonds. The zero-order valence-electron chi connectivity index (χ0n) is 13.4.